The van der Waals surface area contributed by atoms with Crippen LogP contribution in [-0.4, -0.2) is 17.5 Å². The minimum Gasteiger partial charge on any atom is -0.493 e. The van der Waals surface area contributed by atoms with E-state index in [1.54, 1.807) is 6.20 Å². The Bertz CT molecular complexity index is 618. The molecule has 4 heteroatoms. The van der Waals surface area contributed by atoms with Gasteiger partial charge < -0.3 is 10.1 Å². The first-order valence-electron chi connectivity index (χ1n) is 6.97. The first-order chi connectivity index (χ1) is 10.0. The fourth-order valence-corrected chi connectivity index (χ4v) is 2.09. The second-order valence-electron chi connectivity index (χ2n) is 5.14. The lowest BCUT2D eigenvalue weighted by atomic mass is 10.1. The Labute approximate surface area is 125 Å². The van der Waals surface area contributed by atoms with Crippen molar-refractivity contribution in [1.82, 2.24) is 4.98 Å². The average Bonchev–Trinajstić information content (AvgIpc) is 2.40. The lowest BCUT2D eigenvalue weighted by Gasteiger charge is -2.09. The van der Waals surface area contributed by atoms with Gasteiger partial charge in [0.1, 0.15) is 11.6 Å². The van der Waals surface area contributed by atoms with E-state index in [-0.39, 0.29) is 5.91 Å². The molecule has 0 unspecified atom stereocenters. The summed E-state index contributed by atoms with van der Waals surface area (Å²) in [6.45, 7) is 6.31. The van der Waals surface area contributed by atoms with E-state index in [1.165, 1.54) is 0 Å². The second-order valence-corrected chi connectivity index (χ2v) is 5.14. The van der Waals surface area contributed by atoms with Gasteiger partial charge in [0.05, 0.1) is 13.0 Å². The standard InChI is InChI=1S/C17H20N2O2/c1-12-9-13(2)11-15(10-12)21-8-6-16(20)19-17-14(3)5-4-7-18-17/h4-5,7,9-11H,6,8H2,1-3H3,(H,18,19,20). The zero-order valence-electron chi connectivity index (χ0n) is 12.6. The van der Waals surface area contributed by atoms with E-state index in [2.05, 4.69) is 16.4 Å². The van der Waals surface area contributed by atoms with Gasteiger partial charge in [-0.2, -0.15) is 0 Å². The summed E-state index contributed by atoms with van der Waals surface area (Å²) in [7, 11) is 0. The van der Waals surface area contributed by atoms with Gasteiger partial charge in [-0.3, -0.25) is 4.79 Å². The van der Waals surface area contributed by atoms with Crippen molar-refractivity contribution in [3.05, 3.63) is 53.2 Å². The van der Waals surface area contributed by atoms with Gasteiger partial charge in [-0.05, 0) is 55.7 Å². The Morgan fingerprint density at radius 1 is 1.19 bits per heavy atom. The number of rotatable bonds is 5. The molecule has 0 atom stereocenters. The summed E-state index contributed by atoms with van der Waals surface area (Å²) >= 11 is 0. The van der Waals surface area contributed by atoms with Gasteiger partial charge in [0.15, 0.2) is 0 Å². The minimum atomic E-state index is -0.0961. The Morgan fingerprint density at radius 2 is 1.90 bits per heavy atom. The van der Waals surface area contributed by atoms with Crippen LogP contribution in [0.25, 0.3) is 0 Å². The predicted molar refractivity (Wildman–Crippen MR) is 83.6 cm³/mol. The number of hydrogen-bond acceptors (Lipinski definition) is 3. The molecule has 21 heavy (non-hydrogen) atoms. The molecule has 4 nitrogen and oxygen atoms in total. The van der Waals surface area contributed by atoms with Crippen molar-refractivity contribution in [2.75, 3.05) is 11.9 Å². The highest BCUT2D eigenvalue weighted by molar-refractivity contribution is 5.90. The molecule has 0 aliphatic carbocycles. The van der Waals surface area contributed by atoms with Gasteiger partial charge in [0.2, 0.25) is 5.91 Å². The van der Waals surface area contributed by atoms with Crippen LogP contribution in [0, 0.1) is 20.8 Å². The first kappa shape index (κ1) is 15.0. The summed E-state index contributed by atoms with van der Waals surface area (Å²) in [5.74, 6) is 1.31. The molecule has 110 valence electrons. The van der Waals surface area contributed by atoms with Crippen molar-refractivity contribution < 1.29 is 9.53 Å². The van der Waals surface area contributed by atoms with Crippen LogP contribution < -0.4 is 10.1 Å². The van der Waals surface area contributed by atoms with Gasteiger partial charge in [-0.1, -0.05) is 12.1 Å². The van der Waals surface area contributed by atoms with Crippen molar-refractivity contribution >= 4 is 11.7 Å². The summed E-state index contributed by atoms with van der Waals surface area (Å²) in [6, 6.07) is 9.77. The zero-order valence-corrected chi connectivity index (χ0v) is 12.6. The van der Waals surface area contributed by atoms with Crippen molar-refractivity contribution in [2.24, 2.45) is 0 Å². The van der Waals surface area contributed by atoms with Gasteiger partial charge in [-0.25, -0.2) is 4.98 Å². The molecule has 2 aromatic rings. The third-order valence-corrected chi connectivity index (χ3v) is 3.06. The minimum absolute atomic E-state index is 0.0961. The zero-order chi connectivity index (χ0) is 15.2. The Kier molecular flexibility index (Phi) is 4.93. The molecular weight excluding hydrogens is 264 g/mol. The van der Waals surface area contributed by atoms with Crippen molar-refractivity contribution in [3.63, 3.8) is 0 Å². The van der Waals surface area contributed by atoms with Crippen molar-refractivity contribution in [1.29, 1.82) is 0 Å². The Balaban J connectivity index is 1.83. The molecule has 0 spiro atoms. The number of aryl methyl sites for hydroxylation is 3. The number of pyridine rings is 1. The summed E-state index contributed by atoms with van der Waals surface area (Å²) in [6.07, 6.45) is 1.96. The molecule has 0 radical (unpaired) electrons. The topological polar surface area (TPSA) is 51.2 Å². The van der Waals surface area contributed by atoms with Gasteiger partial charge in [0.25, 0.3) is 0 Å². The molecule has 0 aliphatic heterocycles. The Hall–Kier alpha value is -2.36. The number of ether oxygens (including phenoxy) is 1. The summed E-state index contributed by atoms with van der Waals surface area (Å²) in [4.78, 5) is 16.0. The van der Waals surface area contributed by atoms with Gasteiger partial charge in [0, 0.05) is 6.20 Å². The summed E-state index contributed by atoms with van der Waals surface area (Å²) in [5, 5.41) is 2.79. The van der Waals surface area contributed by atoms with Crippen LogP contribution in [0.4, 0.5) is 5.82 Å². The third kappa shape index (κ3) is 4.60. The fourth-order valence-electron chi connectivity index (χ4n) is 2.09. The van der Waals surface area contributed by atoms with Crippen LogP contribution in [0.1, 0.15) is 23.1 Å². The van der Waals surface area contributed by atoms with Crippen molar-refractivity contribution in [3.8, 4) is 5.75 Å². The van der Waals surface area contributed by atoms with Crippen LogP contribution in [0.15, 0.2) is 36.5 Å². The van der Waals surface area contributed by atoms with Crippen LogP contribution in [0.5, 0.6) is 5.75 Å². The second kappa shape index (κ2) is 6.88. The van der Waals surface area contributed by atoms with E-state index < -0.39 is 0 Å². The van der Waals surface area contributed by atoms with E-state index >= 15 is 0 Å². The van der Waals surface area contributed by atoms with E-state index in [4.69, 9.17) is 4.74 Å². The van der Waals surface area contributed by atoms with Crippen LogP contribution in [0.2, 0.25) is 0 Å². The summed E-state index contributed by atoms with van der Waals surface area (Å²) in [5.41, 5.74) is 3.25. The molecule has 0 fully saturated rings. The van der Waals surface area contributed by atoms with Crippen LogP contribution in [-0.2, 0) is 4.79 Å². The molecule has 1 amide bonds. The number of nitrogens with zero attached hydrogens (tertiary/aromatic N) is 1. The highest BCUT2D eigenvalue weighted by Gasteiger charge is 2.06. The molecule has 1 aromatic heterocycles. The average molecular weight is 284 g/mol. The van der Waals surface area contributed by atoms with Crippen LogP contribution in [0.3, 0.4) is 0 Å². The maximum atomic E-state index is 11.9. The number of benzene rings is 1. The van der Waals surface area contributed by atoms with E-state index in [0.717, 1.165) is 22.4 Å². The van der Waals surface area contributed by atoms with Gasteiger partial charge >= 0.3 is 0 Å². The molecule has 1 aromatic carbocycles. The summed E-state index contributed by atoms with van der Waals surface area (Å²) < 4.78 is 5.63. The normalized spacial score (nSPS) is 10.2. The highest BCUT2D eigenvalue weighted by atomic mass is 16.5. The number of carbonyl (C=O) groups excluding carboxylic acids is 1. The monoisotopic (exact) mass is 284 g/mol. The maximum absolute atomic E-state index is 11.9. The smallest absolute Gasteiger partial charge is 0.228 e. The number of carbonyl (C=O) groups is 1. The molecular formula is C17H20N2O2. The highest BCUT2D eigenvalue weighted by Crippen LogP contribution is 2.16. The quantitative estimate of drug-likeness (QED) is 0.915. The van der Waals surface area contributed by atoms with Crippen molar-refractivity contribution in [2.45, 2.75) is 27.2 Å². The molecule has 0 bridgehead atoms. The van der Waals surface area contributed by atoms with E-state index in [0.29, 0.717) is 18.8 Å². The number of amides is 1. The molecule has 2 rings (SSSR count). The number of anilines is 1. The maximum Gasteiger partial charge on any atom is 0.228 e. The molecule has 0 aliphatic rings. The lowest BCUT2D eigenvalue weighted by molar-refractivity contribution is -0.116. The third-order valence-electron chi connectivity index (χ3n) is 3.06. The first-order valence-corrected chi connectivity index (χ1v) is 6.97. The molecule has 0 saturated carbocycles. The predicted octanol–water partition coefficient (Wildman–Crippen LogP) is 3.41. The fraction of sp³-hybridized carbons (Fsp3) is 0.294. The molecule has 0 saturated heterocycles. The number of nitrogens with one attached hydrogen (secondary N) is 1. The largest absolute Gasteiger partial charge is 0.493 e. The number of aromatic nitrogens is 1. The Morgan fingerprint density at radius 3 is 2.57 bits per heavy atom. The van der Waals surface area contributed by atoms with Gasteiger partial charge in [-0.15, -0.1) is 0 Å². The van der Waals surface area contributed by atoms with E-state index in [9.17, 15) is 4.79 Å². The van der Waals surface area contributed by atoms with E-state index in [1.807, 2.05) is 45.0 Å². The SMILES string of the molecule is Cc1cc(C)cc(OCCC(=O)Nc2ncccc2C)c1. The lowest BCUT2D eigenvalue weighted by Crippen LogP contribution is -2.16. The molecule has 1 N–H and O–H groups in total. The number of hydrogen-bond donors (Lipinski definition) is 1. The van der Waals surface area contributed by atoms with Crippen LogP contribution >= 0.6 is 0 Å². The molecule has 1 heterocycles.